The number of hydrogen-bond donors (Lipinski definition) is 1. The summed E-state index contributed by atoms with van der Waals surface area (Å²) in [4.78, 5) is 15.7. The summed E-state index contributed by atoms with van der Waals surface area (Å²) in [5.41, 5.74) is 4.15. The van der Waals surface area contributed by atoms with Crippen molar-refractivity contribution < 1.29 is 9.53 Å². The van der Waals surface area contributed by atoms with Crippen molar-refractivity contribution in [2.75, 3.05) is 31.6 Å². The lowest BCUT2D eigenvalue weighted by Gasteiger charge is -2.29. The molecule has 4 nitrogen and oxygen atoms in total. The first kappa shape index (κ1) is 19.2. The van der Waals surface area contributed by atoms with Crippen molar-refractivity contribution >= 4 is 11.6 Å². The highest BCUT2D eigenvalue weighted by Gasteiger charge is 2.42. The van der Waals surface area contributed by atoms with Crippen LogP contribution in [0.25, 0.3) is 0 Å². The summed E-state index contributed by atoms with van der Waals surface area (Å²) in [6.45, 7) is 6.62. The van der Waals surface area contributed by atoms with Gasteiger partial charge in [-0.2, -0.15) is 0 Å². The fraction of sp³-hybridized carbons (Fsp3) is 0.458. The fourth-order valence-corrected chi connectivity index (χ4v) is 4.46. The van der Waals surface area contributed by atoms with Gasteiger partial charge in [0.15, 0.2) is 0 Å². The second-order valence-corrected chi connectivity index (χ2v) is 8.19. The van der Waals surface area contributed by atoms with Gasteiger partial charge in [-0.1, -0.05) is 54.8 Å². The standard InChI is InChI=1S/C24H30N2O2/c1-19-4-8-21(9-5-19)24(12-2-3-13-24)23(27)25-22-10-6-20(7-11-22)18-26-14-16-28-17-15-26/h4-11H,2-3,12-18H2,1H3,(H,25,27). The maximum atomic E-state index is 13.3. The Hall–Kier alpha value is -2.17. The molecule has 2 aromatic rings. The maximum absolute atomic E-state index is 13.3. The fourth-order valence-electron chi connectivity index (χ4n) is 4.46. The molecule has 28 heavy (non-hydrogen) atoms. The number of nitrogens with zero attached hydrogens (tertiary/aromatic N) is 1. The monoisotopic (exact) mass is 378 g/mol. The molecule has 4 heteroatoms. The summed E-state index contributed by atoms with van der Waals surface area (Å²) >= 11 is 0. The molecule has 1 aliphatic heterocycles. The lowest BCUT2D eigenvalue weighted by molar-refractivity contribution is -0.121. The molecule has 0 atom stereocenters. The Morgan fingerprint density at radius 2 is 1.64 bits per heavy atom. The second kappa shape index (κ2) is 8.46. The topological polar surface area (TPSA) is 41.6 Å². The lowest BCUT2D eigenvalue weighted by atomic mass is 9.77. The minimum atomic E-state index is -0.389. The number of hydrogen-bond acceptors (Lipinski definition) is 3. The summed E-state index contributed by atoms with van der Waals surface area (Å²) < 4.78 is 5.41. The number of ether oxygens (including phenoxy) is 1. The number of carbonyl (C=O) groups excluding carboxylic acids is 1. The van der Waals surface area contributed by atoms with E-state index < -0.39 is 0 Å². The molecule has 0 spiro atoms. The van der Waals surface area contributed by atoms with Gasteiger partial charge >= 0.3 is 0 Å². The van der Waals surface area contributed by atoms with E-state index in [0.29, 0.717) is 0 Å². The van der Waals surface area contributed by atoms with E-state index in [1.165, 1.54) is 11.1 Å². The molecule has 0 unspecified atom stereocenters. The molecule has 1 saturated heterocycles. The Balaban J connectivity index is 1.45. The number of aryl methyl sites for hydroxylation is 1. The summed E-state index contributed by atoms with van der Waals surface area (Å²) in [6.07, 6.45) is 4.08. The number of anilines is 1. The van der Waals surface area contributed by atoms with Crippen molar-refractivity contribution in [1.82, 2.24) is 4.90 Å². The third-order valence-electron chi connectivity index (χ3n) is 6.22. The van der Waals surface area contributed by atoms with E-state index in [2.05, 4.69) is 53.5 Å². The molecule has 0 bridgehead atoms. The molecule has 1 aliphatic carbocycles. The molecule has 1 N–H and O–H groups in total. The number of rotatable bonds is 5. The molecule has 0 radical (unpaired) electrons. The van der Waals surface area contributed by atoms with Crippen LogP contribution in [0.5, 0.6) is 0 Å². The third-order valence-corrected chi connectivity index (χ3v) is 6.22. The van der Waals surface area contributed by atoms with Crippen LogP contribution in [0.4, 0.5) is 5.69 Å². The maximum Gasteiger partial charge on any atom is 0.235 e. The first-order valence-electron chi connectivity index (χ1n) is 10.4. The van der Waals surface area contributed by atoms with Gasteiger partial charge in [-0.05, 0) is 43.0 Å². The molecular weight excluding hydrogens is 348 g/mol. The second-order valence-electron chi connectivity index (χ2n) is 8.19. The Morgan fingerprint density at radius 3 is 2.29 bits per heavy atom. The molecule has 2 aromatic carbocycles. The van der Waals surface area contributed by atoms with Gasteiger partial charge in [-0.15, -0.1) is 0 Å². The zero-order valence-corrected chi connectivity index (χ0v) is 16.7. The predicted molar refractivity (Wildman–Crippen MR) is 112 cm³/mol. The van der Waals surface area contributed by atoms with E-state index in [1.807, 2.05) is 12.1 Å². The van der Waals surface area contributed by atoms with E-state index in [0.717, 1.165) is 69.8 Å². The molecule has 4 rings (SSSR count). The van der Waals surface area contributed by atoms with E-state index in [9.17, 15) is 4.79 Å². The van der Waals surface area contributed by atoms with Crippen molar-refractivity contribution in [2.45, 2.75) is 44.6 Å². The van der Waals surface area contributed by atoms with Crippen LogP contribution in [0.3, 0.4) is 0 Å². The van der Waals surface area contributed by atoms with E-state index in [-0.39, 0.29) is 11.3 Å². The Bertz CT molecular complexity index is 786. The van der Waals surface area contributed by atoms with Gasteiger partial charge in [-0.25, -0.2) is 0 Å². The molecule has 1 heterocycles. The number of benzene rings is 2. The number of amides is 1. The largest absolute Gasteiger partial charge is 0.379 e. The Kier molecular flexibility index (Phi) is 5.79. The summed E-state index contributed by atoms with van der Waals surface area (Å²) in [7, 11) is 0. The van der Waals surface area contributed by atoms with Crippen LogP contribution in [0.2, 0.25) is 0 Å². The average molecular weight is 379 g/mol. The van der Waals surface area contributed by atoms with Crippen LogP contribution >= 0.6 is 0 Å². The van der Waals surface area contributed by atoms with Gasteiger partial charge in [0, 0.05) is 25.3 Å². The highest BCUT2D eigenvalue weighted by molar-refractivity contribution is 5.99. The van der Waals surface area contributed by atoms with Gasteiger partial charge in [0.2, 0.25) is 5.91 Å². The molecule has 1 amide bonds. The van der Waals surface area contributed by atoms with Crippen molar-refractivity contribution in [3.8, 4) is 0 Å². The SMILES string of the molecule is Cc1ccc(C2(C(=O)Nc3ccc(CN4CCOCC4)cc3)CCCC2)cc1. The van der Waals surface area contributed by atoms with E-state index in [4.69, 9.17) is 4.74 Å². The van der Waals surface area contributed by atoms with Gasteiger partial charge in [0.1, 0.15) is 0 Å². The summed E-state index contributed by atoms with van der Waals surface area (Å²) in [6, 6.07) is 16.8. The molecule has 2 fully saturated rings. The van der Waals surface area contributed by atoms with Gasteiger partial charge < -0.3 is 10.1 Å². The zero-order chi connectivity index (χ0) is 19.4. The van der Waals surface area contributed by atoms with Gasteiger partial charge in [0.25, 0.3) is 0 Å². The third kappa shape index (κ3) is 4.13. The van der Waals surface area contributed by atoms with Crippen molar-refractivity contribution in [3.63, 3.8) is 0 Å². The first-order valence-corrected chi connectivity index (χ1v) is 10.4. The highest BCUT2D eigenvalue weighted by Crippen LogP contribution is 2.42. The summed E-state index contributed by atoms with van der Waals surface area (Å²) in [5, 5.41) is 3.20. The molecule has 2 aliphatic rings. The highest BCUT2D eigenvalue weighted by atomic mass is 16.5. The van der Waals surface area contributed by atoms with Crippen LogP contribution in [0, 0.1) is 6.92 Å². The lowest BCUT2D eigenvalue weighted by Crippen LogP contribution is -2.38. The van der Waals surface area contributed by atoms with Crippen LogP contribution < -0.4 is 5.32 Å². The number of carbonyl (C=O) groups is 1. The van der Waals surface area contributed by atoms with Crippen LogP contribution in [0.15, 0.2) is 48.5 Å². The van der Waals surface area contributed by atoms with Crippen LogP contribution in [-0.2, 0) is 21.5 Å². The van der Waals surface area contributed by atoms with Gasteiger partial charge in [0.05, 0.1) is 18.6 Å². The average Bonchev–Trinajstić information content (AvgIpc) is 3.22. The molecule has 0 aromatic heterocycles. The number of nitrogens with one attached hydrogen (secondary N) is 1. The van der Waals surface area contributed by atoms with Gasteiger partial charge in [-0.3, -0.25) is 9.69 Å². The van der Waals surface area contributed by atoms with Crippen molar-refractivity contribution in [2.24, 2.45) is 0 Å². The predicted octanol–water partition coefficient (Wildman–Crippen LogP) is 4.28. The first-order chi connectivity index (χ1) is 13.7. The Morgan fingerprint density at radius 1 is 1.00 bits per heavy atom. The van der Waals surface area contributed by atoms with E-state index >= 15 is 0 Å². The minimum Gasteiger partial charge on any atom is -0.379 e. The van der Waals surface area contributed by atoms with Crippen molar-refractivity contribution in [1.29, 1.82) is 0 Å². The molecular formula is C24H30N2O2. The van der Waals surface area contributed by atoms with E-state index in [1.54, 1.807) is 0 Å². The van der Waals surface area contributed by atoms with Crippen molar-refractivity contribution in [3.05, 3.63) is 65.2 Å². The quantitative estimate of drug-likeness (QED) is 0.844. The smallest absolute Gasteiger partial charge is 0.235 e. The molecule has 1 saturated carbocycles. The molecule has 148 valence electrons. The summed E-state index contributed by atoms with van der Waals surface area (Å²) in [5.74, 6) is 0.134. The minimum absolute atomic E-state index is 0.134. The number of morpholine rings is 1. The van der Waals surface area contributed by atoms with Crippen LogP contribution in [-0.4, -0.2) is 37.1 Å². The zero-order valence-electron chi connectivity index (χ0n) is 16.7. The Labute approximate surface area is 167 Å². The normalized spacial score (nSPS) is 19.5. The van der Waals surface area contributed by atoms with Crippen LogP contribution in [0.1, 0.15) is 42.4 Å².